The molecule has 0 fully saturated rings. The molecule has 4 heteroatoms. The number of hydrogen-bond donors (Lipinski definition) is 1. The molecule has 0 aliphatic carbocycles. The van der Waals surface area contributed by atoms with Gasteiger partial charge in [-0.25, -0.2) is 4.99 Å². The van der Waals surface area contributed by atoms with Gasteiger partial charge in [-0.05, 0) is 6.92 Å². The van der Waals surface area contributed by atoms with Gasteiger partial charge in [0.1, 0.15) is 5.58 Å². The minimum Gasteiger partial charge on any atom is -0.387 e. The summed E-state index contributed by atoms with van der Waals surface area (Å²) in [6.45, 7) is 1.72. The molecule has 0 spiro atoms. The van der Waals surface area contributed by atoms with Crippen LogP contribution in [0.4, 0.5) is 0 Å². The van der Waals surface area contributed by atoms with Crippen molar-refractivity contribution in [2.45, 2.75) is 6.92 Å². The van der Waals surface area contributed by atoms with E-state index >= 15 is 0 Å². The molecule has 0 bridgehead atoms. The Hall–Kier alpha value is -0.430. The molecule has 0 aromatic heterocycles. The molecule has 0 saturated carbocycles. The molecule has 0 rings (SSSR count). The van der Waals surface area contributed by atoms with E-state index in [4.69, 9.17) is 5.73 Å². The highest BCUT2D eigenvalue weighted by Crippen LogP contribution is 1.89. The summed E-state index contributed by atoms with van der Waals surface area (Å²) in [6, 6.07) is 0. The molecule has 2 N–H and O–H groups in total. The van der Waals surface area contributed by atoms with E-state index in [1.54, 1.807) is 14.0 Å². The van der Waals surface area contributed by atoms with E-state index in [9.17, 15) is 0 Å². The van der Waals surface area contributed by atoms with E-state index in [2.05, 4.69) is 19.2 Å². The number of rotatable bonds is 0. The maximum Gasteiger partial charge on any atom is 0.141 e. The van der Waals surface area contributed by atoms with Crippen molar-refractivity contribution in [3.63, 3.8) is 0 Å². The molecule has 0 aliphatic heterocycles. The van der Waals surface area contributed by atoms with Crippen LogP contribution in [-0.4, -0.2) is 18.5 Å². The van der Waals surface area contributed by atoms with Crippen LogP contribution in [0, 0.1) is 0 Å². The van der Waals surface area contributed by atoms with E-state index in [1.807, 2.05) is 0 Å². The summed E-state index contributed by atoms with van der Waals surface area (Å²) in [5, 5.41) is 0. The lowest BCUT2D eigenvalue weighted by Gasteiger charge is -1.87. The third-order valence-electron chi connectivity index (χ3n) is 0.520. The van der Waals surface area contributed by atoms with Crippen molar-refractivity contribution >= 4 is 20.7 Å². The molecule has 0 aromatic rings. The summed E-state index contributed by atoms with van der Waals surface area (Å²) in [6.07, 6.45) is 0. The smallest absolute Gasteiger partial charge is 0.141 e. The molecule has 46 valence electrons. The number of nitrogens with two attached hydrogens (primary N) is 1. The van der Waals surface area contributed by atoms with Crippen LogP contribution in [0.1, 0.15) is 6.92 Å². The van der Waals surface area contributed by atoms with Crippen LogP contribution in [0.2, 0.25) is 0 Å². The van der Waals surface area contributed by atoms with Crippen molar-refractivity contribution in [2.24, 2.45) is 15.7 Å². The largest absolute Gasteiger partial charge is 0.387 e. The van der Waals surface area contributed by atoms with Gasteiger partial charge in [0.25, 0.3) is 0 Å². The highest BCUT2D eigenvalue weighted by atomic mass is 31.0. The second kappa shape index (κ2) is 3.56. The summed E-state index contributed by atoms with van der Waals surface area (Å²) in [5.41, 5.74) is 5.85. The van der Waals surface area contributed by atoms with Gasteiger partial charge in [0.15, 0.2) is 0 Å². The quantitative estimate of drug-likeness (QED) is 0.285. The summed E-state index contributed by atoms with van der Waals surface area (Å²) in [7, 11) is 4.02. The SMILES string of the molecule is CN=C(P)/N=C(/C)N. The maximum atomic E-state index is 5.22. The second-order valence-electron chi connectivity index (χ2n) is 1.33. The minimum absolute atomic E-state index is 0.528. The van der Waals surface area contributed by atoms with Gasteiger partial charge in [-0.3, -0.25) is 4.99 Å². The Morgan fingerprint density at radius 1 is 1.62 bits per heavy atom. The van der Waals surface area contributed by atoms with Crippen LogP contribution in [0.5, 0.6) is 0 Å². The fourth-order valence-corrected chi connectivity index (χ4v) is 0.434. The Labute approximate surface area is 51.3 Å². The predicted octanol–water partition coefficient (Wildman–Crippen LogP) is 0.224. The molecule has 0 saturated heterocycles. The molecule has 0 aliphatic rings. The van der Waals surface area contributed by atoms with Crippen molar-refractivity contribution in [1.82, 2.24) is 0 Å². The third kappa shape index (κ3) is 3.75. The topological polar surface area (TPSA) is 50.7 Å². The average Bonchev–Trinajstić information content (AvgIpc) is 1.65. The summed E-state index contributed by atoms with van der Waals surface area (Å²) in [4.78, 5) is 7.54. The monoisotopic (exact) mass is 131 g/mol. The first-order valence-corrected chi connectivity index (χ1v) is 2.77. The molecular formula is C4H10N3P. The standard InChI is InChI=1S/C4H10N3P/c1-3(5)7-4(8)6-2/h8H2,1-2H3,(H2,5,6,7). The van der Waals surface area contributed by atoms with Gasteiger partial charge in [-0.1, -0.05) is 9.24 Å². The van der Waals surface area contributed by atoms with Crippen LogP contribution >= 0.6 is 9.24 Å². The van der Waals surface area contributed by atoms with E-state index in [-0.39, 0.29) is 0 Å². The van der Waals surface area contributed by atoms with E-state index in [0.29, 0.717) is 11.4 Å². The van der Waals surface area contributed by atoms with Gasteiger partial charge in [-0.15, -0.1) is 0 Å². The van der Waals surface area contributed by atoms with Crippen molar-refractivity contribution in [3.05, 3.63) is 0 Å². The van der Waals surface area contributed by atoms with Crippen LogP contribution < -0.4 is 5.73 Å². The lowest BCUT2D eigenvalue weighted by Crippen LogP contribution is -2.06. The molecule has 8 heavy (non-hydrogen) atoms. The first-order chi connectivity index (χ1) is 3.66. The normalized spacial score (nSPS) is 14.4. The Morgan fingerprint density at radius 2 is 2.12 bits per heavy atom. The highest BCUT2D eigenvalue weighted by molar-refractivity contribution is 7.40. The molecule has 0 aromatic carbocycles. The Balaban J connectivity index is 3.89. The van der Waals surface area contributed by atoms with E-state index in [1.165, 1.54) is 0 Å². The van der Waals surface area contributed by atoms with Gasteiger partial charge in [0.05, 0.1) is 5.84 Å². The molecule has 0 amide bonds. The Morgan fingerprint density at radius 3 is 2.25 bits per heavy atom. The first kappa shape index (κ1) is 7.57. The summed E-state index contributed by atoms with van der Waals surface area (Å²) < 4.78 is 0. The fraction of sp³-hybridized carbons (Fsp3) is 0.500. The predicted molar refractivity (Wildman–Crippen MR) is 40.4 cm³/mol. The van der Waals surface area contributed by atoms with Crippen molar-refractivity contribution in [1.29, 1.82) is 0 Å². The molecule has 1 atom stereocenters. The number of hydrogen-bond acceptors (Lipinski definition) is 1. The zero-order valence-electron chi connectivity index (χ0n) is 5.05. The van der Waals surface area contributed by atoms with Gasteiger partial charge < -0.3 is 5.73 Å². The van der Waals surface area contributed by atoms with Crippen LogP contribution in [0.3, 0.4) is 0 Å². The molecule has 3 nitrogen and oxygen atoms in total. The van der Waals surface area contributed by atoms with Crippen LogP contribution in [0.15, 0.2) is 9.98 Å². The maximum absolute atomic E-state index is 5.22. The molecule has 0 heterocycles. The van der Waals surface area contributed by atoms with Gasteiger partial charge in [0.2, 0.25) is 0 Å². The summed E-state index contributed by atoms with van der Waals surface area (Å²) in [5.74, 6) is 0.528. The zero-order chi connectivity index (χ0) is 6.57. The Kier molecular flexibility index (Phi) is 3.37. The van der Waals surface area contributed by atoms with Crippen molar-refractivity contribution in [2.75, 3.05) is 7.05 Å². The van der Waals surface area contributed by atoms with Crippen LogP contribution in [0.25, 0.3) is 0 Å². The second-order valence-corrected chi connectivity index (χ2v) is 1.85. The lowest BCUT2D eigenvalue weighted by atomic mass is 10.7. The minimum atomic E-state index is 0.528. The average molecular weight is 131 g/mol. The van der Waals surface area contributed by atoms with Gasteiger partial charge >= 0.3 is 0 Å². The van der Waals surface area contributed by atoms with Crippen molar-refractivity contribution in [3.8, 4) is 0 Å². The molecule has 0 radical (unpaired) electrons. The van der Waals surface area contributed by atoms with E-state index < -0.39 is 0 Å². The summed E-state index contributed by atoms with van der Waals surface area (Å²) >= 11 is 0. The highest BCUT2D eigenvalue weighted by Gasteiger charge is 1.80. The molecule has 1 unspecified atom stereocenters. The first-order valence-electron chi connectivity index (χ1n) is 2.20. The fourth-order valence-electron chi connectivity index (χ4n) is 0.231. The zero-order valence-corrected chi connectivity index (χ0v) is 6.20. The third-order valence-corrected chi connectivity index (χ3v) is 0.907. The number of amidine groups is 2. The van der Waals surface area contributed by atoms with Gasteiger partial charge in [0, 0.05) is 7.05 Å². The van der Waals surface area contributed by atoms with E-state index in [0.717, 1.165) is 0 Å². The van der Waals surface area contributed by atoms with Crippen molar-refractivity contribution < 1.29 is 0 Å². The van der Waals surface area contributed by atoms with Gasteiger partial charge in [-0.2, -0.15) is 0 Å². The number of nitrogens with zero attached hydrogens (tertiary/aromatic N) is 2. The molecular weight excluding hydrogens is 121 g/mol. The number of aliphatic imine (C=N–C) groups is 2. The Bertz CT molecular complexity index is 123. The lowest BCUT2D eigenvalue weighted by molar-refractivity contribution is 1.42. The van der Waals surface area contributed by atoms with Crippen LogP contribution in [-0.2, 0) is 0 Å².